The van der Waals surface area contributed by atoms with Gasteiger partial charge in [-0.1, -0.05) is 24.3 Å². The Bertz CT molecular complexity index is 413. The first-order chi connectivity index (χ1) is 8.42. The summed E-state index contributed by atoms with van der Waals surface area (Å²) < 4.78 is 5.16. The summed E-state index contributed by atoms with van der Waals surface area (Å²) in [6.07, 6.45) is 0. The lowest BCUT2D eigenvalue weighted by molar-refractivity contribution is 0.184. The normalized spacial score (nSPS) is 11.9. The number of hydrogen-bond acceptors (Lipinski definition) is 2. The lowest BCUT2D eigenvalue weighted by atomic mass is 10.1. The van der Waals surface area contributed by atoms with Gasteiger partial charge in [0, 0.05) is 12.6 Å². The third-order valence-electron chi connectivity index (χ3n) is 2.34. The number of methoxy groups -OCH3 is 1. The van der Waals surface area contributed by atoms with Gasteiger partial charge < -0.3 is 15.8 Å². The van der Waals surface area contributed by atoms with Gasteiger partial charge in [0.05, 0.1) is 13.2 Å². The van der Waals surface area contributed by atoms with Crippen molar-refractivity contribution in [2.45, 2.75) is 39.5 Å². The van der Waals surface area contributed by atoms with Crippen LogP contribution in [0.4, 0.5) is 0 Å². The molecule has 1 aromatic carbocycles. The van der Waals surface area contributed by atoms with Crippen LogP contribution >= 0.6 is 24.0 Å². The number of rotatable bonds is 4. The zero-order chi connectivity index (χ0) is 13.6. The van der Waals surface area contributed by atoms with Crippen LogP contribution in [0.15, 0.2) is 29.3 Å². The topological polar surface area (TPSA) is 59.6 Å². The molecule has 108 valence electrons. The smallest absolute Gasteiger partial charge is 0.189 e. The highest BCUT2D eigenvalue weighted by atomic mass is 127. The lowest BCUT2D eigenvalue weighted by Crippen LogP contribution is -2.45. The predicted octanol–water partition coefficient (Wildman–Crippen LogP) is 2.65. The number of halogens is 1. The van der Waals surface area contributed by atoms with E-state index in [9.17, 15) is 0 Å². The molecule has 0 aromatic heterocycles. The van der Waals surface area contributed by atoms with Crippen molar-refractivity contribution in [3.63, 3.8) is 0 Å². The van der Waals surface area contributed by atoms with Crippen molar-refractivity contribution in [3.05, 3.63) is 35.4 Å². The summed E-state index contributed by atoms with van der Waals surface area (Å²) in [5.41, 5.74) is 8.05. The average Bonchev–Trinajstić information content (AvgIpc) is 2.26. The van der Waals surface area contributed by atoms with Gasteiger partial charge in [-0.2, -0.15) is 0 Å². The Kier molecular flexibility index (Phi) is 8.01. The summed E-state index contributed by atoms with van der Waals surface area (Å²) in [7, 11) is 1.69. The van der Waals surface area contributed by atoms with E-state index in [0.29, 0.717) is 19.1 Å². The van der Waals surface area contributed by atoms with Gasteiger partial charge in [-0.05, 0) is 31.9 Å². The first kappa shape index (κ1) is 18.2. The summed E-state index contributed by atoms with van der Waals surface area (Å²) in [5.74, 6) is 0.467. The number of nitrogens with zero attached hydrogens (tertiary/aromatic N) is 1. The zero-order valence-electron chi connectivity index (χ0n) is 12.1. The summed E-state index contributed by atoms with van der Waals surface area (Å²) in [6.45, 7) is 7.31. The second kappa shape index (κ2) is 8.37. The molecule has 1 rings (SSSR count). The van der Waals surface area contributed by atoms with E-state index in [4.69, 9.17) is 10.5 Å². The SMILES string of the molecule is COCc1ccccc1CN=C(N)NC(C)(C)C.I. The molecule has 0 atom stereocenters. The molecule has 19 heavy (non-hydrogen) atoms. The third-order valence-corrected chi connectivity index (χ3v) is 2.34. The van der Waals surface area contributed by atoms with Crippen molar-refractivity contribution in [3.8, 4) is 0 Å². The maximum Gasteiger partial charge on any atom is 0.189 e. The average molecular weight is 377 g/mol. The molecule has 0 aliphatic heterocycles. The molecule has 5 heteroatoms. The minimum absolute atomic E-state index is 0. The standard InChI is InChI=1S/C14H23N3O.HI/c1-14(2,3)17-13(15)16-9-11-7-5-6-8-12(11)10-18-4;/h5-8H,9-10H2,1-4H3,(H3,15,16,17);1H. The lowest BCUT2D eigenvalue weighted by Gasteiger charge is -2.21. The van der Waals surface area contributed by atoms with Crippen molar-refractivity contribution < 1.29 is 4.74 Å². The monoisotopic (exact) mass is 377 g/mol. The molecule has 0 bridgehead atoms. The fraction of sp³-hybridized carbons (Fsp3) is 0.500. The van der Waals surface area contributed by atoms with Crippen molar-refractivity contribution in [2.24, 2.45) is 10.7 Å². The molecule has 0 aliphatic rings. The van der Waals surface area contributed by atoms with Crippen molar-refractivity contribution >= 4 is 29.9 Å². The molecule has 0 heterocycles. The second-order valence-electron chi connectivity index (χ2n) is 5.28. The summed E-state index contributed by atoms with van der Waals surface area (Å²) >= 11 is 0. The number of guanidine groups is 1. The van der Waals surface area contributed by atoms with Crippen LogP contribution in [-0.2, 0) is 17.9 Å². The molecule has 0 saturated carbocycles. The molecule has 0 amide bonds. The fourth-order valence-corrected chi connectivity index (χ4v) is 1.60. The molecule has 0 aliphatic carbocycles. The second-order valence-corrected chi connectivity index (χ2v) is 5.28. The minimum Gasteiger partial charge on any atom is -0.380 e. The van der Waals surface area contributed by atoms with Gasteiger partial charge >= 0.3 is 0 Å². The zero-order valence-corrected chi connectivity index (χ0v) is 14.4. The Morgan fingerprint density at radius 3 is 2.37 bits per heavy atom. The highest BCUT2D eigenvalue weighted by Gasteiger charge is 2.09. The number of hydrogen-bond donors (Lipinski definition) is 2. The Morgan fingerprint density at radius 2 is 1.84 bits per heavy atom. The Morgan fingerprint density at radius 1 is 1.26 bits per heavy atom. The van der Waals surface area contributed by atoms with Gasteiger partial charge in [-0.3, -0.25) is 0 Å². The summed E-state index contributed by atoms with van der Waals surface area (Å²) in [6, 6.07) is 8.08. The van der Waals surface area contributed by atoms with Crippen LogP contribution in [-0.4, -0.2) is 18.6 Å². The van der Waals surface area contributed by atoms with Crippen LogP contribution in [0.3, 0.4) is 0 Å². The molecule has 1 aromatic rings. The molecule has 4 nitrogen and oxygen atoms in total. The maximum absolute atomic E-state index is 5.84. The van der Waals surface area contributed by atoms with Crippen molar-refractivity contribution in [1.82, 2.24) is 5.32 Å². The van der Waals surface area contributed by atoms with E-state index in [-0.39, 0.29) is 29.5 Å². The van der Waals surface area contributed by atoms with E-state index < -0.39 is 0 Å². The number of nitrogens with two attached hydrogens (primary N) is 1. The number of nitrogens with one attached hydrogen (secondary N) is 1. The maximum atomic E-state index is 5.84. The van der Waals surface area contributed by atoms with Crippen molar-refractivity contribution in [1.29, 1.82) is 0 Å². The molecule has 0 unspecified atom stereocenters. The van der Waals surface area contributed by atoms with Crippen LogP contribution in [0.1, 0.15) is 31.9 Å². The van der Waals surface area contributed by atoms with Gasteiger partial charge in [-0.25, -0.2) is 4.99 Å². The quantitative estimate of drug-likeness (QED) is 0.482. The van der Waals surface area contributed by atoms with Crippen LogP contribution in [0.5, 0.6) is 0 Å². The highest BCUT2D eigenvalue weighted by Crippen LogP contribution is 2.11. The molecular weight excluding hydrogens is 353 g/mol. The Balaban J connectivity index is 0.00000324. The molecule has 0 fully saturated rings. The fourth-order valence-electron chi connectivity index (χ4n) is 1.60. The highest BCUT2D eigenvalue weighted by molar-refractivity contribution is 14.0. The van der Waals surface area contributed by atoms with E-state index in [1.165, 1.54) is 0 Å². The molecule has 3 N–H and O–H groups in total. The van der Waals surface area contributed by atoms with Crippen LogP contribution in [0, 0.1) is 0 Å². The molecule has 0 spiro atoms. The van der Waals surface area contributed by atoms with Gasteiger partial charge in [0.1, 0.15) is 0 Å². The van der Waals surface area contributed by atoms with E-state index in [0.717, 1.165) is 11.1 Å². The predicted molar refractivity (Wildman–Crippen MR) is 90.8 cm³/mol. The van der Waals surface area contributed by atoms with E-state index in [2.05, 4.69) is 10.3 Å². The van der Waals surface area contributed by atoms with E-state index in [1.54, 1.807) is 7.11 Å². The molecule has 0 saturated heterocycles. The largest absolute Gasteiger partial charge is 0.380 e. The molecule has 0 radical (unpaired) electrons. The van der Waals surface area contributed by atoms with E-state index >= 15 is 0 Å². The van der Waals surface area contributed by atoms with Gasteiger partial charge in [0.15, 0.2) is 5.96 Å². The Labute approximate surface area is 132 Å². The number of ether oxygens (including phenoxy) is 1. The van der Waals surface area contributed by atoms with E-state index in [1.807, 2.05) is 45.0 Å². The summed E-state index contributed by atoms with van der Waals surface area (Å²) in [5, 5.41) is 3.14. The van der Waals surface area contributed by atoms with Crippen LogP contribution in [0.2, 0.25) is 0 Å². The van der Waals surface area contributed by atoms with Crippen LogP contribution < -0.4 is 11.1 Å². The van der Waals surface area contributed by atoms with Gasteiger partial charge in [-0.15, -0.1) is 24.0 Å². The first-order valence-corrected chi connectivity index (χ1v) is 6.06. The summed E-state index contributed by atoms with van der Waals surface area (Å²) in [4.78, 5) is 4.35. The third kappa shape index (κ3) is 7.37. The molecular formula is C14H24IN3O. The van der Waals surface area contributed by atoms with Gasteiger partial charge in [0.2, 0.25) is 0 Å². The number of benzene rings is 1. The number of aliphatic imine (C=N–C) groups is 1. The Hall–Kier alpha value is -0.820. The first-order valence-electron chi connectivity index (χ1n) is 6.06. The van der Waals surface area contributed by atoms with Crippen LogP contribution in [0.25, 0.3) is 0 Å². The minimum atomic E-state index is -0.0698. The van der Waals surface area contributed by atoms with Gasteiger partial charge in [0.25, 0.3) is 0 Å². The van der Waals surface area contributed by atoms with Crippen molar-refractivity contribution in [2.75, 3.05) is 7.11 Å².